The molecule has 0 heterocycles. The minimum Gasteiger partial charge on any atom is -0.0816 e. The molecule has 0 radical (unpaired) electrons. The van der Waals surface area contributed by atoms with Crippen molar-refractivity contribution in [3.63, 3.8) is 0 Å². The maximum absolute atomic E-state index is 2.69. The Bertz CT molecular complexity index is 288. The van der Waals surface area contributed by atoms with Crippen LogP contribution in [0.4, 0.5) is 0 Å². The van der Waals surface area contributed by atoms with Crippen molar-refractivity contribution in [2.24, 2.45) is 29.6 Å². The smallest absolute Gasteiger partial charge is 0.0169 e. The summed E-state index contributed by atoms with van der Waals surface area (Å²) < 4.78 is 0. The molecule has 4 aliphatic rings. The van der Waals surface area contributed by atoms with Gasteiger partial charge in [0.1, 0.15) is 0 Å². The lowest BCUT2D eigenvalue weighted by molar-refractivity contribution is 0.352. The molecule has 4 rings (SSSR count). The van der Waals surface area contributed by atoms with Crippen LogP contribution in [0, 0.1) is 29.6 Å². The molecule has 4 bridgehead atoms. The Morgan fingerprint density at radius 1 is 0.929 bits per heavy atom. The summed E-state index contributed by atoms with van der Waals surface area (Å²) in [7, 11) is 0. The monoisotopic (exact) mass is 188 g/mol. The van der Waals surface area contributed by atoms with Crippen molar-refractivity contribution in [1.82, 2.24) is 0 Å². The molecular weight excluding hydrogens is 168 g/mol. The first-order chi connectivity index (χ1) is 6.90. The first-order valence-electron chi connectivity index (χ1n) is 6.62. The average Bonchev–Trinajstić information content (AvgIpc) is 2.96. The van der Waals surface area contributed by atoms with Gasteiger partial charge in [0.25, 0.3) is 0 Å². The quantitative estimate of drug-likeness (QED) is 0.549. The summed E-state index contributed by atoms with van der Waals surface area (Å²) >= 11 is 0. The molecule has 0 amide bonds. The van der Waals surface area contributed by atoms with E-state index in [2.05, 4.69) is 6.08 Å². The van der Waals surface area contributed by atoms with Gasteiger partial charge in [0.2, 0.25) is 0 Å². The lowest BCUT2D eigenvalue weighted by Gasteiger charge is -2.27. The predicted molar refractivity (Wildman–Crippen MR) is 57.9 cm³/mol. The first-order valence-corrected chi connectivity index (χ1v) is 6.62. The van der Waals surface area contributed by atoms with Gasteiger partial charge in [-0.25, -0.2) is 0 Å². The third-order valence-corrected chi connectivity index (χ3v) is 5.54. The molecule has 76 valence electrons. The fourth-order valence-electron chi connectivity index (χ4n) is 4.96. The normalized spacial score (nSPS) is 54.3. The van der Waals surface area contributed by atoms with Crippen LogP contribution in [-0.2, 0) is 0 Å². The van der Waals surface area contributed by atoms with Crippen molar-refractivity contribution < 1.29 is 0 Å². The molecule has 5 unspecified atom stereocenters. The number of hydrogen-bond acceptors (Lipinski definition) is 0. The molecule has 0 aromatic carbocycles. The minimum atomic E-state index is 1.01. The van der Waals surface area contributed by atoms with Gasteiger partial charge in [0.05, 0.1) is 0 Å². The lowest BCUT2D eigenvalue weighted by Crippen LogP contribution is -2.16. The minimum absolute atomic E-state index is 1.01. The van der Waals surface area contributed by atoms with Gasteiger partial charge in [-0.2, -0.15) is 0 Å². The van der Waals surface area contributed by atoms with Gasteiger partial charge < -0.3 is 0 Å². The Hall–Kier alpha value is -0.260. The summed E-state index contributed by atoms with van der Waals surface area (Å²) in [6.45, 7) is 0. The fourth-order valence-corrected chi connectivity index (χ4v) is 4.96. The maximum Gasteiger partial charge on any atom is -0.0169 e. The molecule has 0 saturated heterocycles. The van der Waals surface area contributed by atoms with E-state index in [-0.39, 0.29) is 0 Å². The van der Waals surface area contributed by atoms with E-state index in [9.17, 15) is 0 Å². The van der Waals surface area contributed by atoms with E-state index in [4.69, 9.17) is 0 Å². The second-order valence-corrected chi connectivity index (χ2v) is 6.22. The van der Waals surface area contributed by atoms with Crippen molar-refractivity contribution in [3.05, 3.63) is 11.6 Å². The summed E-state index contributed by atoms with van der Waals surface area (Å²) in [5.41, 5.74) is 1.94. The second-order valence-electron chi connectivity index (χ2n) is 6.22. The second kappa shape index (κ2) is 2.65. The highest BCUT2D eigenvalue weighted by atomic mass is 14.5. The van der Waals surface area contributed by atoms with Gasteiger partial charge in [-0.05, 0) is 68.1 Å². The molecule has 4 aliphatic carbocycles. The molecule has 5 atom stereocenters. The Labute approximate surface area is 86.8 Å². The molecule has 0 nitrogen and oxygen atoms in total. The van der Waals surface area contributed by atoms with Crippen molar-refractivity contribution in [1.29, 1.82) is 0 Å². The van der Waals surface area contributed by atoms with Crippen LogP contribution in [0.5, 0.6) is 0 Å². The van der Waals surface area contributed by atoms with Crippen LogP contribution in [0.25, 0.3) is 0 Å². The maximum atomic E-state index is 2.69. The number of allylic oxidation sites excluding steroid dienone is 2. The average molecular weight is 188 g/mol. The van der Waals surface area contributed by atoms with E-state index in [0.29, 0.717) is 0 Å². The van der Waals surface area contributed by atoms with Crippen LogP contribution < -0.4 is 0 Å². The van der Waals surface area contributed by atoms with Gasteiger partial charge in [-0.15, -0.1) is 0 Å². The molecule has 0 aromatic heterocycles. The summed E-state index contributed by atoms with van der Waals surface area (Å²) in [5, 5.41) is 0. The van der Waals surface area contributed by atoms with Crippen LogP contribution in [0.3, 0.4) is 0 Å². The Morgan fingerprint density at radius 3 is 2.50 bits per heavy atom. The van der Waals surface area contributed by atoms with Gasteiger partial charge in [0, 0.05) is 0 Å². The first kappa shape index (κ1) is 7.96. The van der Waals surface area contributed by atoms with Crippen LogP contribution >= 0.6 is 0 Å². The molecule has 0 aromatic rings. The van der Waals surface area contributed by atoms with E-state index in [1.165, 1.54) is 19.3 Å². The van der Waals surface area contributed by atoms with E-state index >= 15 is 0 Å². The summed E-state index contributed by atoms with van der Waals surface area (Å²) in [6, 6.07) is 0. The van der Waals surface area contributed by atoms with E-state index in [1.54, 1.807) is 25.7 Å². The number of fused-ring (bicyclic) bond motifs is 4. The Kier molecular flexibility index (Phi) is 1.51. The van der Waals surface area contributed by atoms with Crippen LogP contribution in [0.15, 0.2) is 11.6 Å². The number of hydrogen-bond donors (Lipinski definition) is 0. The highest BCUT2D eigenvalue weighted by Gasteiger charge is 2.45. The van der Waals surface area contributed by atoms with E-state index in [0.717, 1.165) is 29.6 Å². The molecule has 0 N–H and O–H groups in total. The molecule has 0 heteroatoms. The fraction of sp³-hybridized carbons (Fsp3) is 0.857. The standard InChI is InChI=1S/C14H20/c1-3-11-5-9(1)7-13(11)14-8-10-2-4-12(14)6-10/h7,9-12,14H,1-6,8H2. The third kappa shape index (κ3) is 0.951. The predicted octanol–water partition coefficient (Wildman–Crippen LogP) is 3.78. The summed E-state index contributed by atoms with van der Waals surface area (Å²) in [5.74, 6) is 5.36. The van der Waals surface area contributed by atoms with Crippen molar-refractivity contribution in [3.8, 4) is 0 Å². The SMILES string of the molecule is C1=C(C2CC3CCC2C3)C2CCC1C2. The van der Waals surface area contributed by atoms with E-state index < -0.39 is 0 Å². The molecule has 0 spiro atoms. The molecule has 3 fully saturated rings. The van der Waals surface area contributed by atoms with Gasteiger partial charge >= 0.3 is 0 Å². The van der Waals surface area contributed by atoms with Gasteiger partial charge in [0.15, 0.2) is 0 Å². The Balaban J connectivity index is 1.62. The van der Waals surface area contributed by atoms with Crippen LogP contribution in [0.1, 0.15) is 44.9 Å². The molecular formula is C14H20. The van der Waals surface area contributed by atoms with Crippen molar-refractivity contribution in [2.45, 2.75) is 44.9 Å². The third-order valence-electron chi connectivity index (χ3n) is 5.54. The van der Waals surface area contributed by atoms with Crippen LogP contribution in [0.2, 0.25) is 0 Å². The van der Waals surface area contributed by atoms with Crippen LogP contribution in [-0.4, -0.2) is 0 Å². The summed E-state index contributed by atoms with van der Waals surface area (Å²) in [4.78, 5) is 0. The zero-order valence-electron chi connectivity index (χ0n) is 8.91. The highest BCUT2D eigenvalue weighted by Crippen LogP contribution is 2.57. The molecule has 14 heavy (non-hydrogen) atoms. The zero-order chi connectivity index (χ0) is 9.12. The Morgan fingerprint density at radius 2 is 1.93 bits per heavy atom. The molecule has 3 saturated carbocycles. The topological polar surface area (TPSA) is 0 Å². The lowest BCUT2D eigenvalue weighted by atomic mass is 9.78. The zero-order valence-corrected chi connectivity index (χ0v) is 8.91. The van der Waals surface area contributed by atoms with E-state index in [1.807, 2.05) is 5.57 Å². The van der Waals surface area contributed by atoms with Crippen molar-refractivity contribution in [2.75, 3.05) is 0 Å². The highest BCUT2D eigenvalue weighted by molar-refractivity contribution is 5.24. The van der Waals surface area contributed by atoms with Crippen molar-refractivity contribution >= 4 is 0 Å². The number of rotatable bonds is 1. The summed E-state index contributed by atoms with van der Waals surface area (Å²) in [6.07, 6.45) is 13.5. The van der Waals surface area contributed by atoms with Gasteiger partial charge in [-0.3, -0.25) is 0 Å². The van der Waals surface area contributed by atoms with Gasteiger partial charge in [-0.1, -0.05) is 18.1 Å². The molecule has 0 aliphatic heterocycles. The largest absolute Gasteiger partial charge is 0.0816 e.